The standard InChI is InChI=1S/C14H17FN4O/c1-18-10-8-17-13(14(18)20)19(9-4-7-16)12-6-3-2-5-11(12)15/h2-3,5-6,8,10H,4,7,9,16H2,1H3. The van der Waals surface area contributed by atoms with E-state index in [0.29, 0.717) is 25.2 Å². The molecular formula is C14H17FN4O. The van der Waals surface area contributed by atoms with E-state index in [4.69, 9.17) is 5.73 Å². The third-order valence-corrected chi connectivity index (χ3v) is 2.98. The molecule has 5 nitrogen and oxygen atoms in total. The van der Waals surface area contributed by atoms with E-state index in [1.807, 2.05) is 0 Å². The van der Waals surface area contributed by atoms with Gasteiger partial charge in [0.05, 0.1) is 5.69 Å². The molecule has 0 saturated heterocycles. The van der Waals surface area contributed by atoms with Crippen LogP contribution in [0.3, 0.4) is 0 Å². The molecule has 2 aromatic rings. The Kier molecular flexibility index (Phi) is 4.47. The normalized spacial score (nSPS) is 10.6. The van der Waals surface area contributed by atoms with Crippen molar-refractivity contribution in [3.8, 4) is 0 Å². The van der Waals surface area contributed by atoms with Crippen molar-refractivity contribution < 1.29 is 4.39 Å². The molecule has 0 atom stereocenters. The molecule has 1 aromatic heterocycles. The molecule has 20 heavy (non-hydrogen) atoms. The second kappa shape index (κ2) is 6.29. The number of aryl methyl sites for hydroxylation is 1. The summed E-state index contributed by atoms with van der Waals surface area (Å²) in [5, 5.41) is 0. The van der Waals surface area contributed by atoms with E-state index in [9.17, 15) is 9.18 Å². The van der Waals surface area contributed by atoms with Crippen LogP contribution < -0.4 is 16.2 Å². The number of anilines is 2. The SMILES string of the molecule is Cn1ccnc(N(CCCN)c2ccccc2F)c1=O. The zero-order valence-electron chi connectivity index (χ0n) is 11.3. The summed E-state index contributed by atoms with van der Waals surface area (Å²) in [6.45, 7) is 0.891. The summed E-state index contributed by atoms with van der Waals surface area (Å²) in [4.78, 5) is 17.8. The fourth-order valence-electron chi connectivity index (χ4n) is 1.93. The lowest BCUT2D eigenvalue weighted by atomic mass is 10.2. The molecule has 0 aliphatic carbocycles. The highest BCUT2D eigenvalue weighted by atomic mass is 19.1. The van der Waals surface area contributed by atoms with Gasteiger partial charge in [0, 0.05) is 26.0 Å². The monoisotopic (exact) mass is 276 g/mol. The molecule has 1 heterocycles. The molecule has 106 valence electrons. The molecule has 1 aromatic carbocycles. The molecule has 0 bridgehead atoms. The van der Waals surface area contributed by atoms with Crippen LogP contribution in [0, 0.1) is 5.82 Å². The first-order chi connectivity index (χ1) is 9.65. The van der Waals surface area contributed by atoms with Crippen molar-refractivity contribution in [1.29, 1.82) is 0 Å². The summed E-state index contributed by atoms with van der Waals surface area (Å²) in [5.74, 6) is -0.189. The lowest BCUT2D eigenvalue weighted by Crippen LogP contribution is -2.31. The number of nitrogens with two attached hydrogens (primary N) is 1. The quantitative estimate of drug-likeness (QED) is 0.896. The number of aromatic nitrogens is 2. The van der Waals surface area contributed by atoms with Gasteiger partial charge in [0.2, 0.25) is 0 Å². The van der Waals surface area contributed by atoms with E-state index >= 15 is 0 Å². The van der Waals surface area contributed by atoms with Gasteiger partial charge in [-0.05, 0) is 25.1 Å². The Balaban J connectivity index is 2.50. The highest BCUT2D eigenvalue weighted by Gasteiger charge is 2.17. The Morgan fingerprint density at radius 2 is 2.15 bits per heavy atom. The Morgan fingerprint density at radius 3 is 2.85 bits per heavy atom. The van der Waals surface area contributed by atoms with Crippen LogP contribution in [0.1, 0.15) is 6.42 Å². The maximum atomic E-state index is 14.0. The van der Waals surface area contributed by atoms with Gasteiger partial charge in [-0.1, -0.05) is 12.1 Å². The van der Waals surface area contributed by atoms with Crippen molar-refractivity contribution in [2.24, 2.45) is 12.8 Å². The van der Waals surface area contributed by atoms with Crippen molar-refractivity contribution in [2.45, 2.75) is 6.42 Å². The zero-order valence-corrected chi connectivity index (χ0v) is 11.3. The number of hydrogen-bond donors (Lipinski definition) is 1. The van der Waals surface area contributed by atoms with Crippen LogP contribution in [0.4, 0.5) is 15.9 Å². The summed E-state index contributed by atoms with van der Waals surface area (Å²) < 4.78 is 15.4. The molecule has 2 N–H and O–H groups in total. The first-order valence-electron chi connectivity index (χ1n) is 6.39. The van der Waals surface area contributed by atoms with Crippen LogP contribution in [-0.2, 0) is 7.05 Å². The Labute approximate surface area is 116 Å². The van der Waals surface area contributed by atoms with Crippen molar-refractivity contribution in [3.05, 3.63) is 52.8 Å². The maximum absolute atomic E-state index is 14.0. The van der Waals surface area contributed by atoms with E-state index in [1.54, 1.807) is 36.3 Å². The Hall–Kier alpha value is -2.21. The average molecular weight is 276 g/mol. The van der Waals surface area contributed by atoms with E-state index in [2.05, 4.69) is 4.98 Å². The summed E-state index contributed by atoms with van der Waals surface area (Å²) in [7, 11) is 1.63. The van der Waals surface area contributed by atoms with E-state index in [1.165, 1.54) is 16.8 Å². The number of benzene rings is 1. The molecule has 0 radical (unpaired) electrons. The largest absolute Gasteiger partial charge is 0.330 e. The van der Waals surface area contributed by atoms with Crippen molar-refractivity contribution in [1.82, 2.24) is 9.55 Å². The summed E-state index contributed by atoms with van der Waals surface area (Å²) in [6.07, 6.45) is 3.72. The molecule has 0 aliphatic rings. The third-order valence-electron chi connectivity index (χ3n) is 2.98. The maximum Gasteiger partial charge on any atom is 0.293 e. The zero-order chi connectivity index (χ0) is 14.5. The second-order valence-electron chi connectivity index (χ2n) is 4.41. The van der Waals surface area contributed by atoms with E-state index in [0.717, 1.165) is 0 Å². The van der Waals surface area contributed by atoms with Gasteiger partial charge in [0.1, 0.15) is 5.82 Å². The van der Waals surface area contributed by atoms with Crippen LogP contribution in [-0.4, -0.2) is 22.6 Å². The molecule has 0 spiro atoms. The molecule has 0 aliphatic heterocycles. The minimum Gasteiger partial charge on any atom is -0.330 e. The predicted molar refractivity (Wildman–Crippen MR) is 76.6 cm³/mol. The first-order valence-corrected chi connectivity index (χ1v) is 6.39. The molecule has 0 fully saturated rings. The number of hydrogen-bond acceptors (Lipinski definition) is 4. The van der Waals surface area contributed by atoms with Crippen LogP contribution >= 0.6 is 0 Å². The summed E-state index contributed by atoms with van der Waals surface area (Å²) >= 11 is 0. The highest BCUT2D eigenvalue weighted by Crippen LogP contribution is 2.24. The van der Waals surface area contributed by atoms with Crippen LogP contribution in [0.15, 0.2) is 41.5 Å². The van der Waals surface area contributed by atoms with Gasteiger partial charge < -0.3 is 15.2 Å². The van der Waals surface area contributed by atoms with Gasteiger partial charge in [-0.3, -0.25) is 4.79 Å². The van der Waals surface area contributed by atoms with Crippen molar-refractivity contribution >= 4 is 11.5 Å². The molecular weight excluding hydrogens is 259 g/mol. The Morgan fingerprint density at radius 1 is 1.40 bits per heavy atom. The first kappa shape index (κ1) is 14.2. The van der Waals surface area contributed by atoms with Gasteiger partial charge in [0.15, 0.2) is 5.82 Å². The molecule has 0 saturated carbocycles. The number of nitrogens with zero attached hydrogens (tertiary/aromatic N) is 3. The number of para-hydroxylation sites is 1. The fraction of sp³-hybridized carbons (Fsp3) is 0.286. The fourth-order valence-corrected chi connectivity index (χ4v) is 1.93. The molecule has 0 amide bonds. The van der Waals surface area contributed by atoms with Gasteiger partial charge in [-0.15, -0.1) is 0 Å². The topological polar surface area (TPSA) is 64.2 Å². The summed E-state index contributed by atoms with van der Waals surface area (Å²) in [6, 6.07) is 6.32. The van der Waals surface area contributed by atoms with Gasteiger partial charge in [-0.2, -0.15) is 0 Å². The Bertz CT molecular complexity index is 641. The number of halogens is 1. The number of rotatable bonds is 5. The van der Waals surface area contributed by atoms with E-state index in [-0.39, 0.29) is 11.4 Å². The minimum absolute atomic E-state index is 0.202. The molecule has 6 heteroatoms. The van der Waals surface area contributed by atoms with Crippen LogP contribution in [0.2, 0.25) is 0 Å². The smallest absolute Gasteiger partial charge is 0.293 e. The van der Waals surface area contributed by atoms with Crippen LogP contribution in [0.25, 0.3) is 0 Å². The van der Waals surface area contributed by atoms with Gasteiger partial charge >= 0.3 is 0 Å². The van der Waals surface area contributed by atoms with Gasteiger partial charge in [0.25, 0.3) is 5.56 Å². The molecule has 2 rings (SSSR count). The van der Waals surface area contributed by atoms with Gasteiger partial charge in [-0.25, -0.2) is 9.37 Å². The lowest BCUT2D eigenvalue weighted by Gasteiger charge is -2.23. The van der Waals surface area contributed by atoms with E-state index < -0.39 is 5.82 Å². The minimum atomic E-state index is -0.391. The highest BCUT2D eigenvalue weighted by molar-refractivity contribution is 5.59. The second-order valence-corrected chi connectivity index (χ2v) is 4.41. The lowest BCUT2D eigenvalue weighted by molar-refractivity contribution is 0.622. The van der Waals surface area contributed by atoms with Crippen molar-refractivity contribution in [2.75, 3.05) is 18.0 Å². The third kappa shape index (κ3) is 2.85. The van der Waals surface area contributed by atoms with Crippen LogP contribution in [0.5, 0.6) is 0 Å². The summed E-state index contributed by atoms with van der Waals surface area (Å²) in [5.41, 5.74) is 5.57. The molecule has 0 unspecified atom stereocenters. The van der Waals surface area contributed by atoms with Crippen molar-refractivity contribution in [3.63, 3.8) is 0 Å². The average Bonchev–Trinajstić information content (AvgIpc) is 2.45. The predicted octanol–water partition coefficient (Wildman–Crippen LogP) is 1.41.